The van der Waals surface area contributed by atoms with Crippen molar-refractivity contribution in [3.8, 4) is 0 Å². The quantitative estimate of drug-likeness (QED) is 0.561. The van der Waals surface area contributed by atoms with Gasteiger partial charge in [-0.1, -0.05) is 43.9 Å². The van der Waals surface area contributed by atoms with E-state index in [9.17, 15) is 9.59 Å². The molecule has 0 aliphatic carbocycles. The number of hydrogen-bond acceptors (Lipinski definition) is 3. The highest BCUT2D eigenvalue weighted by Crippen LogP contribution is 2.21. The lowest BCUT2D eigenvalue weighted by atomic mass is 9.96. The number of likely N-dealkylation sites (tertiary alicyclic amines) is 1. The second-order valence-electron chi connectivity index (χ2n) is 6.66. The highest BCUT2D eigenvalue weighted by Gasteiger charge is 2.28. The molecule has 1 heterocycles. The standard InChI is InChI=1S/C20H29NO3/c1-3-4-5-6-14-24-20(23)17-10-12-21(13-11-17)19(22)18-9-7-8-16(2)15-18/h7-9,15,17H,3-6,10-14H2,1-2H3. The number of carbonyl (C=O) groups is 2. The summed E-state index contributed by atoms with van der Waals surface area (Å²) in [6, 6.07) is 7.66. The smallest absolute Gasteiger partial charge is 0.309 e. The fraction of sp³-hybridized carbons (Fsp3) is 0.600. The average Bonchev–Trinajstić information content (AvgIpc) is 2.61. The maximum absolute atomic E-state index is 12.5. The molecule has 0 aromatic heterocycles. The Balaban J connectivity index is 1.74. The van der Waals surface area contributed by atoms with Crippen molar-refractivity contribution in [3.63, 3.8) is 0 Å². The number of unbranched alkanes of at least 4 members (excludes halogenated alkanes) is 3. The number of ether oxygens (including phenoxy) is 1. The van der Waals surface area contributed by atoms with Crippen molar-refractivity contribution >= 4 is 11.9 Å². The van der Waals surface area contributed by atoms with Gasteiger partial charge in [-0.3, -0.25) is 9.59 Å². The molecule has 1 aliphatic rings. The van der Waals surface area contributed by atoms with Gasteiger partial charge in [-0.25, -0.2) is 0 Å². The van der Waals surface area contributed by atoms with E-state index < -0.39 is 0 Å². The molecule has 0 N–H and O–H groups in total. The van der Waals surface area contributed by atoms with Gasteiger partial charge in [-0.05, 0) is 38.3 Å². The Hall–Kier alpha value is -1.84. The van der Waals surface area contributed by atoms with Gasteiger partial charge in [-0.2, -0.15) is 0 Å². The average molecular weight is 331 g/mol. The van der Waals surface area contributed by atoms with E-state index in [1.54, 1.807) is 0 Å². The fourth-order valence-electron chi connectivity index (χ4n) is 3.10. The lowest BCUT2D eigenvalue weighted by Gasteiger charge is -2.31. The number of carbonyl (C=O) groups excluding carboxylic acids is 2. The maximum Gasteiger partial charge on any atom is 0.309 e. The van der Waals surface area contributed by atoms with Crippen LogP contribution >= 0.6 is 0 Å². The van der Waals surface area contributed by atoms with Gasteiger partial charge >= 0.3 is 5.97 Å². The lowest BCUT2D eigenvalue weighted by Crippen LogP contribution is -2.40. The van der Waals surface area contributed by atoms with Crippen LogP contribution in [0.1, 0.15) is 61.4 Å². The molecule has 1 fully saturated rings. The first-order valence-corrected chi connectivity index (χ1v) is 9.14. The van der Waals surface area contributed by atoms with Crippen LogP contribution in [0.2, 0.25) is 0 Å². The zero-order valence-electron chi connectivity index (χ0n) is 14.9. The molecule has 0 unspecified atom stereocenters. The predicted molar refractivity (Wildman–Crippen MR) is 94.9 cm³/mol. The summed E-state index contributed by atoms with van der Waals surface area (Å²) in [5, 5.41) is 0. The molecule has 0 atom stereocenters. The first-order chi connectivity index (χ1) is 11.6. The Morgan fingerprint density at radius 1 is 1.17 bits per heavy atom. The second-order valence-corrected chi connectivity index (χ2v) is 6.66. The second kappa shape index (κ2) is 9.45. The molecule has 0 radical (unpaired) electrons. The predicted octanol–water partition coefficient (Wildman–Crippen LogP) is 3.97. The van der Waals surface area contributed by atoms with E-state index in [-0.39, 0.29) is 17.8 Å². The molecule has 0 spiro atoms. The number of hydrogen-bond donors (Lipinski definition) is 0. The van der Waals surface area contributed by atoms with Crippen molar-refractivity contribution in [1.82, 2.24) is 4.90 Å². The summed E-state index contributed by atoms with van der Waals surface area (Å²) >= 11 is 0. The molecule has 0 saturated carbocycles. The van der Waals surface area contributed by atoms with Crippen LogP contribution in [0.5, 0.6) is 0 Å². The van der Waals surface area contributed by atoms with Crippen LogP contribution < -0.4 is 0 Å². The molecule has 1 aliphatic heterocycles. The summed E-state index contributed by atoms with van der Waals surface area (Å²) in [6.07, 6.45) is 5.84. The van der Waals surface area contributed by atoms with Crippen LogP contribution in [0.25, 0.3) is 0 Å². The van der Waals surface area contributed by atoms with Crippen LogP contribution in [-0.2, 0) is 9.53 Å². The van der Waals surface area contributed by atoms with Crippen molar-refractivity contribution in [2.75, 3.05) is 19.7 Å². The summed E-state index contributed by atoms with van der Waals surface area (Å²) in [5.74, 6) is -0.0861. The van der Waals surface area contributed by atoms with Crippen LogP contribution in [0.15, 0.2) is 24.3 Å². The van der Waals surface area contributed by atoms with E-state index in [0.717, 1.165) is 24.0 Å². The molecular formula is C20H29NO3. The molecular weight excluding hydrogens is 302 g/mol. The van der Waals surface area contributed by atoms with Crippen LogP contribution in [0, 0.1) is 12.8 Å². The first-order valence-electron chi connectivity index (χ1n) is 9.14. The zero-order chi connectivity index (χ0) is 17.4. The number of benzene rings is 1. The number of piperidine rings is 1. The van der Waals surface area contributed by atoms with Gasteiger partial charge in [0.1, 0.15) is 0 Å². The molecule has 24 heavy (non-hydrogen) atoms. The first kappa shape index (κ1) is 18.5. The minimum atomic E-state index is -0.0887. The summed E-state index contributed by atoms with van der Waals surface area (Å²) in [7, 11) is 0. The number of aryl methyl sites for hydroxylation is 1. The third kappa shape index (κ3) is 5.36. The minimum Gasteiger partial charge on any atom is -0.465 e. The van der Waals surface area contributed by atoms with E-state index in [1.807, 2.05) is 36.1 Å². The lowest BCUT2D eigenvalue weighted by molar-refractivity contribution is -0.150. The highest BCUT2D eigenvalue weighted by molar-refractivity contribution is 5.94. The van der Waals surface area contributed by atoms with Gasteiger partial charge in [0, 0.05) is 18.7 Å². The largest absolute Gasteiger partial charge is 0.465 e. The van der Waals surface area contributed by atoms with Crippen molar-refractivity contribution in [1.29, 1.82) is 0 Å². The van der Waals surface area contributed by atoms with Gasteiger partial charge < -0.3 is 9.64 Å². The van der Waals surface area contributed by atoms with E-state index in [4.69, 9.17) is 4.74 Å². The van der Waals surface area contributed by atoms with Gasteiger partial charge in [-0.15, -0.1) is 0 Å². The summed E-state index contributed by atoms with van der Waals surface area (Å²) in [5.41, 5.74) is 1.81. The third-order valence-electron chi connectivity index (χ3n) is 4.62. The number of nitrogens with zero attached hydrogens (tertiary/aromatic N) is 1. The van der Waals surface area contributed by atoms with Gasteiger partial charge in [0.15, 0.2) is 0 Å². The van der Waals surface area contributed by atoms with Crippen molar-refractivity contribution < 1.29 is 14.3 Å². The van der Waals surface area contributed by atoms with Crippen LogP contribution in [0.3, 0.4) is 0 Å². The molecule has 2 rings (SSSR count). The summed E-state index contributed by atoms with van der Waals surface area (Å²) in [6.45, 7) is 5.93. The van der Waals surface area contributed by atoms with Crippen molar-refractivity contribution in [3.05, 3.63) is 35.4 Å². The van der Waals surface area contributed by atoms with E-state index >= 15 is 0 Å². The van der Waals surface area contributed by atoms with Gasteiger partial charge in [0.25, 0.3) is 5.91 Å². The molecule has 1 aromatic rings. The molecule has 132 valence electrons. The molecule has 4 heteroatoms. The molecule has 0 bridgehead atoms. The van der Waals surface area contributed by atoms with Crippen LogP contribution in [0.4, 0.5) is 0 Å². The number of esters is 1. The van der Waals surface area contributed by atoms with Crippen molar-refractivity contribution in [2.45, 2.75) is 52.4 Å². The minimum absolute atomic E-state index is 0.0577. The molecule has 4 nitrogen and oxygen atoms in total. The van der Waals surface area contributed by atoms with E-state index in [2.05, 4.69) is 6.92 Å². The normalized spacial score (nSPS) is 15.3. The van der Waals surface area contributed by atoms with Crippen molar-refractivity contribution in [2.24, 2.45) is 5.92 Å². The molecule has 1 aromatic carbocycles. The van der Waals surface area contributed by atoms with Gasteiger partial charge in [0.05, 0.1) is 12.5 Å². The Bertz CT molecular complexity index is 548. The SMILES string of the molecule is CCCCCCOC(=O)C1CCN(C(=O)c2cccc(C)c2)CC1. The van der Waals surface area contributed by atoms with E-state index in [1.165, 1.54) is 12.8 Å². The van der Waals surface area contributed by atoms with Gasteiger partial charge in [0.2, 0.25) is 0 Å². The Kier molecular flexibility index (Phi) is 7.29. The third-order valence-corrected chi connectivity index (χ3v) is 4.62. The number of rotatable bonds is 7. The Morgan fingerprint density at radius 3 is 2.58 bits per heavy atom. The monoisotopic (exact) mass is 331 g/mol. The topological polar surface area (TPSA) is 46.6 Å². The Morgan fingerprint density at radius 2 is 1.92 bits per heavy atom. The zero-order valence-corrected chi connectivity index (χ0v) is 14.9. The summed E-state index contributed by atoms with van der Waals surface area (Å²) in [4.78, 5) is 26.5. The van der Waals surface area contributed by atoms with Crippen LogP contribution in [-0.4, -0.2) is 36.5 Å². The number of amides is 1. The Labute approximate surface area is 145 Å². The fourth-order valence-corrected chi connectivity index (χ4v) is 3.10. The maximum atomic E-state index is 12.5. The highest BCUT2D eigenvalue weighted by atomic mass is 16.5. The molecule has 1 saturated heterocycles. The van der Waals surface area contributed by atoms with E-state index in [0.29, 0.717) is 32.5 Å². The summed E-state index contributed by atoms with van der Waals surface area (Å²) < 4.78 is 5.38. The molecule has 1 amide bonds.